The average Bonchev–Trinajstić information content (AvgIpc) is 2.95. The van der Waals surface area contributed by atoms with Crippen molar-refractivity contribution < 1.29 is 9.59 Å². The molecule has 3 rings (SSSR count). The fraction of sp³-hybridized carbons (Fsp3) is 0.118. The van der Waals surface area contributed by atoms with Crippen LogP contribution in [0.5, 0.6) is 0 Å². The third kappa shape index (κ3) is 3.12. The van der Waals surface area contributed by atoms with Crippen molar-refractivity contribution in [1.29, 1.82) is 0 Å². The number of carbonyl (C=O) groups excluding carboxylic acids is 2. The van der Waals surface area contributed by atoms with E-state index in [1.165, 1.54) is 11.8 Å². The number of hydrogen-bond acceptors (Lipinski definition) is 4. The summed E-state index contributed by atoms with van der Waals surface area (Å²) < 4.78 is 0. The number of imidazole rings is 1. The molecule has 0 spiro atoms. The molecule has 0 aliphatic carbocycles. The van der Waals surface area contributed by atoms with Crippen molar-refractivity contribution in [2.75, 3.05) is 5.75 Å². The number of aromatic amines is 1. The van der Waals surface area contributed by atoms with Crippen LogP contribution in [0.25, 0.3) is 11.0 Å². The predicted octanol–water partition coefficient (Wildman–Crippen LogP) is 2.95. The van der Waals surface area contributed by atoms with Crippen LogP contribution in [0.15, 0.2) is 47.6 Å². The van der Waals surface area contributed by atoms with Crippen LogP contribution < -0.4 is 5.73 Å². The standard InChI is InChI=1S/C17H15N3O2S/c1-10-5-2-3-6-11(10)14(21)9-23-17-19-13-8-4-7-12(16(18)22)15(13)20-17/h2-8H,9H2,1H3,(H2,18,22)(H,19,20). The maximum absolute atomic E-state index is 12.3. The summed E-state index contributed by atoms with van der Waals surface area (Å²) in [6.07, 6.45) is 0. The molecular formula is C17H15N3O2S. The Balaban J connectivity index is 1.80. The van der Waals surface area contributed by atoms with Crippen molar-refractivity contribution >= 4 is 34.5 Å². The molecule has 2 aromatic carbocycles. The molecule has 0 radical (unpaired) electrons. The second-order valence-electron chi connectivity index (χ2n) is 5.13. The molecule has 1 heterocycles. The number of thioether (sulfide) groups is 1. The minimum Gasteiger partial charge on any atom is -0.366 e. The molecule has 1 aromatic heterocycles. The molecule has 0 unspecified atom stereocenters. The van der Waals surface area contributed by atoms with Crippen LogP contribution in [-0.2, 0) is 0 Å². The van der Waals surface area contributed by atoms with Gasteiger partial charge in [0.25, 0.3) is 5.91 Å². The van der Waals surface area contributed by atoms with Crippen LogP contribution in [0, 0.1) is 6.92 Å². The molecule has 0 fully saturated rings. The Kier molecular flexibility index (Phi) is 4.16. The number of ketones is 1. The summed E-state index contributed by atoms with van der Waals surface area (Å²) in [5.41, 5.74) is 8.66. The highest BCUT2D eigenvalue weighted by Crippen LogP contribution is 2.23. The number of aromatic nitrogens is 2. The van der Waals surface area contributed by atoms with Crippen LogP contribution in [-0.4, -0.2) is 27.4 Å². The summed E-state index contributed by atoms with van der Waals surface area (Å²) in [5.74, 6) is -0.199. The quantitative estimate of drug-likeness (QED) is 0.557. The van der Waals surface area contributed by atoms with Crippen molar-refractivity contribution in [1.82, 2.24) is 9.97 Å². The number of aryl methyl sites for hydroxylation is 1. The number of carbonyl (C=O) groups is 2. The molecule has 3 aromatic rings. The Hall–Kier alpha value is -2.60. The zero-order valence-corrected chi connectivity index (χ0v) is 13.3. The van der Waals surface area contributed by atoms with E-state index in [1.807, 2.05) is 37.3 Å². The Morgan fingerprint density at radius 1 is 1.13 bits per heavy atom. The van der Waals surface area contributed by atoms with E-state index in [1.54, 1.807) is 12.1 Å². The van der Waals surface area contributed by atoms with Crippen LogP contribution in [0.2, 0.25) is 0 Å². The molecule has 0 atom stereocenters. The summed E-state index contributed by atoms with van der Waals surface area (Å²) in [5, 5.41) is 0.593. The van der Waals surface area contributed by atoms with Crippen LogP contribution in [0.1, 0.15) is 26.3 Å². The largest absolute Gasteiger partial charge is 0.366 e. The first-order valence-electron chi connectivity index (χ1n) is 7.06. The minimum atomic E-state index is -0.519. The molecule has 5 nitrogen and oxygen atoms in total. The van der Waals surface area contributed by atoms with Crippen LogP contribution >= 0.6 is 11.8 Å². The Morgan fingerprint density at radius 2 is 1.87 bits per heavy atom. The molecule has 0 aliphatic rings. The lowest BCUT2D eigenvalue weighted by molar-refractivity contribution is 0.0998. The van der Waals surface area contributed by atoms with Gasteiger partial charge >= 0.3 is 0 Å². The van der Waals surface area contributed by atoms with Gasteiger partial charge in [-0.15, -0.1) is 0 Å². The lowest BCUT2D eigenvalue weighted by atomic mass is 10.1. The van der Waals surface area contributed by atoms with E-state index in [2.05, 4.69) is 9.97 Å². The highest BCUT2D eigenvalue weighted by molar-refractivity contribution is 7.99. The van der Waals surface area contributed by atoms with Gasteiger partial charge in [0.05, 0.1) is 16.8 Å². The third-order valence-corrected chi connectivity index (χ3v) is 4.42. The number of amides is 1. The fourth-order valence-corrected chi connectivity index (χ4v) is 3.14. The van der Waals surface area contributed by atoms with E-state index >= 15 is 0 Å². The fourth-order valence-electron chi connectivity index (χ4n) is 2.37. The van der Waals surface area contributed by atoms with E-state index in [9.17, 15) is 9.59 Å². The minimum absolute atomic E-state index is 0.0451. The Morgan fingerprint density at radius 3 is 2.61 bits per heavy atom. The Bertz CT molecular complexity index is 902. The molecule has 0 saturated carbocycles. The summed E-state index contributed by atoms with van der Waals surface area (Å²) in [6, 6.07) is 12.7. The number of primary amides is 1. The Labute approximate surface area is 137 Å². The number of nitrogens with one attached hydrogen (secondary N) is 1. The summed E-state index contributed by atoms with van der Waals surface area (Å²) >= 11 is 1.31. The molecule has 6 heteroatoms. The van der Waals surface area contributed by atoms with E-state index in [-0.39, 0.29) is 11.5 Å². The molecule has 0 saturated heterocycles. The molecule has 116 valence electrons. The monoisotopic (exact) mass is 325 g/mol. The van der Waals surface area contributed by atoms with Crippen molar-refractivity contribution in [3.05, 3.63) is 59.2 Å². The topological polar surface area (TPSA) is 88.8 Å². The molecule has 0 aliphatic heterocycles. The van der Waals surface area contributed by atoms with Gasteiger partial charge in [-0.1, -0.05) is 42.1 Å². The van der Waals surface area contributed by atoms with Crippen molar-refractivity contribution in [2.45, 2.75) is 12.1 Å². The highest BCUT2D eigenvalue weighted by Gasteiger charge is 2.13. The number of nitrogens with zero attached hydrogens (tertiary/aromatic N) is 1. The number of para-hydroxylation sites is 1. The van der Waals surface area contributed by atoms with Crippen LogP contribution in [0.3, 0.4) is 0 Å². The number of Topliss-reactive ketones (excluding diaryl/α,β-unsaturated/α-hetero) is 1. The van der Waals surface area contributed by atoms with E-state index < -0.39 is 5.91 Å². The molecule has 1 amide bonds. The van der Waals surface area contributed by atoms with Gasteiger partial charge in [0.1, 0.15) is 5.52 Å². The molecular weight excluding hydrogens is 310 g/mol. The van der Waals surface area contributed by atoms with Gasteiger partial charge in [0.2, 0.25) is 0 Å². The van der Waals surface area contributed by atoms with Crippen LogP contribution in [0.4, 0.5) is 0 Å². The number of fused-ring (bicyclic) bond motifs is 1. The predicted molar refractivity (Wildman–Crippen MR) is 90.8 cm³/mol. The first-order valence-corrected chi connectivity index (χ1v) is 8.05. The highest BCUT2D eigenvalue weighted by atomic mass is 32.2. The number of benzene rings is 2. The van der Waals surface area contributed by atoms with Gasteiger partial charge in [-0.05, 0) is 24.6 Å². The zero-order chi connectivity index (χ0) is 16.4. The molecule has 23 heavy (non-hydrogen) atoms. The summed E-state index contributed by atoms with van der Waals surface area (Å²) in [7, 11) is 0. The van der Waals surface area contributed by atoms with Crippen molar-refractivity contribution in [3.8, 4) is 0 Å². The second-order valence-corrected chi connectivity index (χ2v) is 6.10. The first-order chi connectivity index (χ1) is 11.1. The van der Waals surface area contributed by atoms with Gasteiger partial charge in [0, 0.05) is 5.56 Å². The smallest absolute Gasteiger partial charge is 0.250 e. The SMILES string of the molecule is Cc1ccccc1C(=O)CSc1nc2c(C(N)=O)cccc2[nH]1. The van der Waals surface area contributed by atoms with E-state index in [4.69, 9.17) is 5.73 Å². The van der Waals surface area contributed by atoms with E-state index in [0.717, 1.165) is 11.1 Å². The average molecular weight is 325 g/mol. The normalized spacial score (nSPS) is 10.8. The summed E-state index contributed by atoms with van der Waals surface area (Å²) in [6.45, 7) is 1.91. The molecule has 0 bridgehead atoms. The van der Waals surface area contributed by atoms with Crippen molar-refractivity contribution in [3.63, 3.8) is 0 Å². The zero-order valence-electron chi connectivity index (χ0n) is 12.5. The third-order valence-electron chi connectivity index (χ3n) is 3.54. The first kappa shape index (κ1) is 15.3. The number of H-pyrrole nitrogens is 1. The van der Waals surface area contributed by atoms with Gasteiger partial charge < -0.3 is 10.7 Å². The van der Waals surface area contributed by atoms with Gasteiger partial charge in [-0.2, -0.15) is 0 Å². The number of nitrogens with two attached hydrogens (primary N) is 1. The van der Waals surface area contributed by atoms with Gasteiger partial charge in [-0.3, -0.25) is 9.59 Å². The lowest BCUT2D eigenvalue weighted by Crippen LogP contribution is -2.11. The maximum Gasteiger partial charge on any atom is 0.250 e. The maximum atomic E-state index is 12.3. The lowest BCUT2D eigenvalue weighted by Gasteiger charge is -2.03. The second kappa shape index (κ2) is 6.26. The van der Waals surface area contributed by atoms with Gasteiger partial charge in [-0.25, -0.2) is 4.98 Å². The number of rotatable bonds is 5. The van der Waals surface area contributed by atoms with E-state index in [0.29, 0.717) is 21.8 Å². The molecule has 3 N–H and O–H groups in total. The summed E-state index contributed by atoms with van der Waals surface area (Å²) in [4.78, 5) is 31.2. The van der Waals surface area contributed by atoms with Crippen molar-refractivity contribution in [2.24, 2.45) is 5.73 Å². The van der Waals surface area contributed by atoms with Gasteiger partial charge in [0.15, 0.2) is 10.9 Å². The number of hydrogen-bond donors (Lipinski definition) is 2.